The first-order valence-corrected chi connectivity index (χ1v) is 4.49. The number of hydrogen-bond acceptors (Lipinski definition) is 3. The second kappa shape index (κ2) is 4.64. The van der Waals surface area contributed by atoms with Crippen LogP contribution < -0.4 is 5.32 Å². The lowest BCUT2D eigenvalue weighted by Gasteiger charge is -2.22. The Morgan fingerprint density at radius 3 is 3.07 bits per heavy atom. The second-order valence-corrected chi connectivity index (χ2v) is 3.11. The number of esters is 1. The van der Waals surface area contributed by atoms with Crippen LogP contribution in [0.15, 0.2) is 12.7 Å². The van der Waals surface area contributed by atoms with Crippen molar-refractivity contribution in [3.8, 4) is 0 Å². The molecule has 0 aromatic rings. The van der Waals surface area contributed by atoms with Crippen LogP contribution in [0.25, 0.3) is 0 Å². The summed E-state index contributed by atoms with van der Waals surface area (Å²) in [5.41, 5.74) is 0. The van der Waals surface area contributed by atoms with Gasteiger partial charge in [-0.05, 0) is 6.92 Å². The lowest BCUT2D eigenvalue weighted by atomic mass is 10.3. The SMILES string of the molecule is C=CC(=O)OCC(C)N1CCNC1=O. The Morgan fingerprint density at radius 1 is 1.86 bits per heavy atom. The summed E-state index contributed by atoms with van der Waals surface area (Å²) in [6.07, 6.45) is 1.11. The monoisotopic (exact) mass is 198 g/mol. The average Bonchev–Trinajstić information content (AvgIpc) is 2.60. The van der Waals surface area contributed by atoms with Gasteiger partial charge in [0.25, 0.3) is 0 Å². The summed E-state index contributed by atoms with van der Waals surface area (Å²) in [7, 11) is 0. The van der Waals surface area contributed by atoms with Crippen molar-refractivity contribution in [1.82, 2.24) is 10.2 Å². The molecule has 78 valence electrons. The van der Waals surface area contributed by atoms with Crippen LogP contribution in [0.1, 0.15) is 6.92 Å². The van der Waals surface area contributed by atoms with Gasteiger partial charge in [-0.25, -0.2) is 9.59 Å². The molecule has 0 aromatic heterocycles. The summed E-state index contributed by atoms with van der Waals surface area (Å²) in [6.45, 7) is 6.63. The maximum absolute atomic E-state index is 11.2. The molecule has 14 heavy (non-hydrogen) atoms. The van der Waals surface area contributed by atoms with Gasteiger partial charge in [-0.15, -0.1) is 0 Å². The van der Waals surface area contributed by atoms with E-state index < -0.39 is 5.97 Å². The van der Waals surface area contributed by atoms with E-state index in [0.717, 1.165) is 6.08 Å². The molecule has 5 heteroatoms. The second-order valence-electron chi connectivity index (χ2n) is 3.11. The molecule has 0 radical (unpaired) electrons. The third-order valence-electron chi connectivity index (χ3n) is 2.06. The Hall–Kier alpha value is -1.52. The van der Waals surface area contributed by atoms with Gasteiger partial charge in [-0.1, -0.05) is 6.58 Å². The fourth-order valence-corrected chi connectivity index (χ4v) is 1.26. The third kappa shape index (κ3) is 2.48. The minimum absolute atomic E-state index is 0.0959. The molecule has 1 aliphatic rings. The van der Waals surface area contributed by atoms with Gasteiger partial charge in [0.05, 0.1) is 6.04 Å². The lowest BCUT2D eigenvalue weighted by Crippen LogP contribution is -2.39. The average molecular weight is 198 g/mol. The molecule has 1 fully saturated rings. The highest BCUT2D eigenvalue weighted by Gasteiger charge is 2.25. The number of nitrogens with zero attached hydrogens (tertiary/aromatic N) is 1. The van der Waals surface area contributed by atoms with E-state index >= 15 is 0 Å². The molecule has 1 unspecified atom stereocenters. The van der Waals surface area contributed by atoms with Gasteiger partial charge in [0.1, 0.15) is 6.61 Å². The van der Waals surface area contributed by atoms with Crippen molar-refractivity contribution in [1.29, 1.82) is 0 Å². The van der Waals surface area contributed by atoms with Gasteiger partial charge >= 0.3 is 12.0 Å². The summed E-state index contributed by atoms with van der Waals surface area (Å²) >= 11 is 0. The Bertz CT molecular complexity index is 252. The third-order valence-corrected chi connectivity index (χ3v) is 2.06. The molecule has 1 rings (SSSR count). The number of carbonyl (C=O) groups is 2. The quantitative estimate of drug-likeness (QED) is 0.516. The maximum Gasteiger partial charge on any atom is 0.330 e. The molecular weight excluding hydrogens is 184 g/mol. The highest BCUT2D eigenvalue weighted by Crippen LogP contribution is 2.04. The van der Waals surface area contributed by atoms with Crippen LogP contribution in [0.5, 0.6) is 0 Å². The van der Waals surface area contributed by atoms with E-state index in [-0.39, 0.29) is 18.7 Å². The highest BCUT2D eigenvalue weighted by molar-refractivity contribution is 5.81. The molecule has 0 spiro atoms. The zero-order valence-electron chi connectivity index (χ0n) is 8.16. The standard InChI is InChI=1S/C9H14N2O3/c1-3-8(12)14-6-7(2)11-5-4-10-9(11)13/h3,7H,1,4-6H2,2H3,(H,10,13). The Labute approximate surface area is 82.7 Å². The Balaban J connectivity index is 2.34. The van der Waals surface area contributed by atoms with Crippen molar-refractivity contribution in [2.75, 3.05) is 19.7 Å². The molecule has 2 amide bonds. The van der Waals surface area contributed by atoms with E-state index in [2.05, 4.69) is 11.9 Å². The number of urea groups is 1. The molecule has 0 saturated carbocycles. The number of amides is 2. The predicted octanol–water partition coefficient (Wildman–Crippen LogP) is 0.129. The highest BCUT2D eigenvalue weighted by atomic mass is 16.5. The summed E-state index contributed by atoms with van der Waals surface area (Å²) in [5, 5.41) is 2.68. The van der Waals surface area contributed by atoms with E-state index in [9.17, 15) is 9.59 Å². The number of nitrogens with one attached hydrogen (secondary N) is 1. The molecule has 1 saturated heterocycles. The normalized spacial score (nSPS) is 17.5. The van der Waals surface area contributed by atoms with E-state index in [4.69, 9.17) is 4.74 Å². The van der Waals surface area contributed by atoms with Gasteiger partial charge in [0.15, 0.2) is 0 Å². The van der Waals surface area contributed by atoms with Crippen molar-refractivity contribution < 1.29 is 14.3 Å². The fraction of sp³-hybridized carbons (Fsp3) is 0.556. The summed E-state index contributed by atoms with van der Waals surface area (Å²) in [5.74, 6) is -0.462. The number of ether oxygens (including phenoxy) is 1. The summed E-state index contributed by atoms with van der Waals surface area (Å²) in [6, 6.07) is -0.200. The number of carbonyl (C=O) groups excluding carboxylic acids is 2. The van der Waals surface area contributed by atoms with Crippen LogP contribution in [-0.2, 0) is 9.53 Å². The largest absolute Gasteiger partial charge is 0.460 e. The van der Waals surface area contributed by atoms with Gasteiger partial charge < -0.3 is 15.0 Å². The first-order valence-electron chi connectivity index (χ1n) is 4.49. The van der Waals surface area contributed by atoms with Gasteiger partial charge in [0, 0.05) is 19.2 Å². The van der Waals surface area contributed by atoms with Crippen LogP contribution >= 0.6 is 0 Å². The van der Waals surface area contributed by atoms with Crippen LogP contribution in [0, 0.1) is 0 Å². The van der Waals surface area contributed by atoms with E-state index in [0.29, 0.717) is 13.1 Å². The molecule has 1 aliphatic heterocycles. The van der Waals surface area contributed by atoms with E-state index in [1.807, 2.05) is 6.92 Å². The molecule has 0 bridgehead atoms. The molecule has 0 aliphatic carbocycles. The van der Waals surface area contributed by atoms with Crippen LogP contribution in [-0.4, -0.2) is 42.6 Å². The number of rotatable bonds is 4. The number of hydrogen-bond donors (Lipinski definition) is 1. The lowest BCUT2D eigenvalue weighted by molar-refractivity contribution is -0.139. The minimum atomic E-state index is -0.462. The maximum atomic E-state index is 11.2. The molecule has 0 aromatic carbocycles. The predicted molar refractivity (Wildman–Crippen MR) is 50.7 cm³/mol. The van der Waals surface area contributed by atoms with Gasteiger partial charge in [-0.3, -0.25) is 0 Å². The molecule has 5 nitrogen and oxygen atoms in total. The molecular formula is C9H14N2O3. The van der Waals surface area contributed by atoms with Crippen molar-refractivity contribution in [3.63, 3.8) is 0 Å². The van der Waals surface area contributed by atoms with Gasteiger partial charge in [0.2, 0.25) is 0 Å². The molecule has 1 heterocycles. The minimum Gasteiger partial charge on any atom is -0.460 e. The first kappa shape index (κ1) is 10.6. The van der Waals surface area contributed by atoms with Crippen molar-refractivity contribution in [2.24, 2.45) is 0 Å². The Kier molecular flexibility index (Phi) is 3.50. The van der Waals surface area contributed by atoms with Crippen LogP contribution in [0.2, 0.25) is 0 Å². The summed E-state index contributed by atoms with van der Waals surface area (Å²) < 4.78 is 4.84. The van der Waals surface area contributed by atoms with Gasteiger partial charge in [-0.2, -0.15) is 0 Å². The molecule has 1 N–H and O–H groups in total. The van der Waals surface area contributed by atoms with E-state index in [1.165, 1.54) is 0 Å². The fourth-order valence-electron chi connectivity index (χ4n) is 1.26. The smallest absolute Gasteiger partial charge is 0.330 e. The van der Waals surface area contributed by atoms with Crippen molar-refractivity contribution in [2.45, 2.75) is 13.0 Å². The van der Waals surface area contributed by atoms with Crippen LogP contribution in [0.3, 0.4) is 0 Å². The molecule has 1 atom stereocenters. The van der Waals surface area contributed by atoms with Crippen molar-refractivity contribution >= 4 is 12.0 Å². The Morgan fingerprint density at radius 2 is 2.57 bits per heavy atom. The van der Waals surface area contributed by atoms with Crippen molar-refractivity contribution in [3.05, 3.63) is 12.7 Å². The first-order chi connectivity index (χ1) is 6.65. The van der Waals surface area contributed by atoms with Crippen LogP contribution in [0.4, 0.5) is 4.79 Å². The topological polar surface area (TPSA) is 58.6 Å². The zero-order chi connectivity index (χ0) is 10.6. The van der Waals surface area contributed by atoms with E-state index in [1.54, 1.807) is 4.90 Å². The summed E-state index contributed by atoms with van der Waals surface area (Å²) in [4.78, 5) is 23.6. The zero-order valence-corrected chi connectivity index (χ0v) is 8.16.